The topological polar surface area (TPSA) is 42.3 Å². The lowest BCUT2D eigenvalue weighted by molar-refractivity contribution is 0.102. The quantitative estimate of drug-likeness (QED) is 0.719. The maximum atomic E-state index is 11.3. The maximum absolute atomic E-state index is 11.3. The van der Waals surface area contributed by atoms with Crippen LogP contribution in [0.25, 0.3) is 5.57 Å². The molecule has 0 fully saturated rings. The SMILES string of the molecule is CC(=O)c1sc(C2=CCCN=C2)nc1C. The van der Waals surface area contributed by atoms with E-state index in [1.165, 1.54) is 11.3 Å². The molecular formula is C11H12N2OS. The van der Waals surface area contributed by atoms with Crippen LogP contribution < -0.4 is 0 Å². The molecule has 78 valence electrons. The third-order valence-corrected chi connectivity index (χ3v) is 3.52. The fourth-order valence-corrected chi connectivity index (χ4v) is 2.47. The van der Waals surface area contributed by atoms with E-state index in [0.29, 0.717) is 0 Å². The maximum Gasteiger partial charge on any atom is 0.171 e. The molecule has 2 rings (SSSR count). The van der Waals surface area contributed by atoms with E-state index >= 15 is 0 Å². The minimum absolute atomic E-state index is 0.0876. The zero-order valence-electron chi connectivity index (χ0n) is 8.78. The highest BCUT2D eigenvalue weighted by molar-refractivity contribution is 7.15. The first-order valence-corrected chi connectivity index (χ1v) is 5.69. The monoisotopic (exact) mass is 220 g/mol. The number of carbonyl (C=O) groups excluding carboxylic acids is 1. The van der Waals surface area contributed by atoms with Crippen molar-refractivity contribution in [2.75, 3.05) is 6.54 Å². The van der Waals surface area contributed by atoms with Crippen LogP contribution in [0.15, 0.2) is 11.1 Å². The number of carbonyl (C=O) groups is 1. The van der Waals surface area contributed by atoms with Crippen molar-refractivity contribution >= 4 is 28.9 Å². The molecule has 0 saturated heterocycles. The number of allylic oxidation sites excluding steroid dienone is 1. The lowest BCUT2D eigenvalue weighted by Gasteiger charge is -2.01. The molecule has 1 aliphatic heterocycles. The normalized spacial score (nSPS) is 15.2. The average molecular weight is 220 g/mol. The van der Waals surface area contributed by atoms with Gasteiger partial charge in [-0.3, -0.25) is 9.79 Å². The number of rotatable bonds is 2. The van der Waals surface area contributed by atoms with Crippen molar-refractivity contribution in [3.8, 4) is 0 Å². The fraction of sp³-hybridized carbons (Fsp3) is 0.364. The van der Waals surface area contributed by atoms with Crippen LogP contribution in [0.4, 0.5) is 0 Å². The molecule has 1 aromatic rings. The Labute approximate surface area is 92.6 Å². The Bertz CT molecular complexity index is 457. The molecule has 0 bridgehead atoms. The fourth-order valence-electron chi connectivity index (χ4n) is 1.50. The molecule has 0 unspecified atom stereocenters. The third-order valence-electron chi connectivity index (χ3n) is 2.22. The van der Waals surface area contributed by atoms with Gasteiger partial charge < -0.3 is 0 Å². The van der Waals surface area contributed by atoms with E-state index in [0.717, 1.165) is 34.1 Å². The van der Waals surface area contributed by atoms with E-state index in [-0.39, 0.29) is 5.78 Å². The standard InChI is InChI=1S/C11H12N2OS/c1-7-10(8(2)14)15-11(13-7)9-4-3-5-12-6-9/h4,6H,3,5H2,1-2H3. The highest BCUT2D eigenvalue weighted by Gasteiger charge is 2.13. The lowest BCUT2D eigenvalue weighted by atomic mass is 10.2. The molecule has 0 atom stereocenters. The van der Waals surface area contributed by atoms with Gasteiger partial charge in [-0.25, -0.2) is 4.98 Å². The summed E-state index contributed by atoms with van der Waals surface area (Å²) in [5.74, 6) is 0.0876. The molecule has 4 heteroatoms. The first-order chi connectivity index (χ1) is 7.18. The Kier molecular flexibility index (Phi) is 2.77. The summed E-state index contributed by atoms with van der Waals surface area (Å²) < 4.78 is 0. The minimum atomic E-state index is 0.0876. The summed E-state index contributed by atoms with van der Waals surface area (Å²) in [7, 11) is 0. The molecular weight excluding hydrogens is 208 g/mol. The van der Waals surface area contributed by atoms with Crippen LogP contribution in [0, 0.1) is 6.92 Å². The molecule has 0 spiro atoms. The van der Waals surface area contributed by atoms with Gasteiger partial charge in [0.1, 0.15) is 5.01 Å². The van der Waals surface area contributed by atoms with Crippen molar-refractivity contribution in [2.45, 2.75) is 20.3 Å². The third kappa shape index (κ3) is 2.04. The first-order valence-electron chi connectivity index (χ1n) is 4.87. The lowest BCUT2D eigenvalue weighted by Crippen LogP contribution is -1.93. The molecule has 0 aromatic carbocycles. The first kappa shape index (κ1) is 10.2. The van der Waals surface area contributed by atoms with Gasteiger partial charge in [-0.15, -0.1) is 11.3 Å². The van der Waals surface area contributed by atoms with Crippen LogP contribution in [0.1, 0.15) is 33.7 Å². The van der Waals surface area contributed by atoms with Crippen LogP contribution in [0.5, 0.6) is 0 Å². The second-order valence-corrected chi connectivity index (χ2v) is 4.47. The van der Waals surface area contributed by atoms with Crippen molar-refractivity contribution in [1.82, 2.24) is 4.98 Å². The van der Waals surface area contributed by atoms with E-state index in [1.54, 1.807) is 6.92 Å². The molecule has 15 heavy (non-hydrogen) atoms. The predicted molar refractivity (Wildman–Crippen MR) is 62.8 cm³/mol. The number of dihydropyridines is 1. The van der Waals surface area contributed by atoms with Gasteiger partial charge >= 0.3 is 0 Å². The number of aliphatic imine (C=N–C) groups is 1. The van der Waals surface area contributed by atoms with Crippen LogP contribution in [-0.2, 0) is 0 Å². The van der Waals surface area contributed by atoms with Gasteiger partial charge in [0.15, 0.2) is 5.78 Å². The van der Waals surface area contributed by atoms with Crippen molar-refractivity contribution in [1.29, 1.82) is 0 Å². The Hall–Kier alpha value is -1.29. The smallest absolute Gasteiger partial charge is 0.171 e. The van der Waals surface area contributed by atoms with Crippen LogP contribution >= 0.6 is 11.3 Å². The van der Waals surface area contributed by atoms with E-state index in [4.69, 9.17) is 0 Å². The van der Waals surface area contributed by atoms with Gasteiger partial charge in [0.25, 0.3) is 0 Å². The number of aromatic nitrogens is 1. The summed E-state index contributed by atoms with van der Waals surface area (Å²) in [5.41, 5.74) is 1.87. The molecule has 3 nitrogen and oxygen atoms in total. The zero-order valence-corrected chi connectivity index (χ0v) is 9.60. The van der Waals surface area contributed by atoms with Gasteiger partial charge in [0, 0.05) is 25.3 Å². The zero-order chi connectivity index (χ0) is 10.8. The van der Waals surface area contributed by atoms with E-state index in [1.807, 2.05) is 13.1 Å². The highest BCUT2D eigenvalue weighted by Crippen LogP contribution is 2.25. The van der Waals surface area contributed by atoms with Crippen molar-refractivity contribution in [2.24, 2.45) is 4.99 Å². The summed E-state index contributed by atoms with van der Waals surface area (Å²) in [6.07, 6.45) is 4.92. The Morgan fingerprint density at radius 3 is 2.87 bits per heavy atom. The summed E-state index contributed by atoms with van der Waals surface area (Å²) in [4.78, 5) is 20.6. The van der Waals surface area contributed by atoms with E-state index in [2.05, 4.69) is 16.1 Å². The van der Waals surface area contributed by atoms with Crippen LogP contribution in [0.2, 0.25) is 0 Å². The van der Waals surface area contributed by atoms with Crippen molar-refractivity contribution in [3.05, 3.63) is 21.7 Å². The van der Waals surface area contributed by atoms with E-state index in [9.17, 15) is 4.79 Å². The number of Topliss-reactive ketones (excluding diaryl/α,β-unsaturated/α-hetero) is 1. The average Bonchev–Trinajstić information content (AvgIpc) is 2.62. The molecule has 0 radical (unpaired) electrons. The molecule has 0 aliphatic carbocycles. The molecule has 2 heterocycles. The molecule has 0 N–H and O–H groups in total. The van der Waals surface area contributed by atoms with Crippen molar-refractivity contribution in [3.63, 3.8) is 0 Å². The van der Waals surface area contributed by atoms with Gasteiger partial charge in [0.2, 0.25) is 0 Å². The highest BCUT2D eigenvalue weighted by atomic mass is 32.1. The van der Waals surface area contributed by atoms with Gasteiger partial charge in [-0.1, -0.05) is 6.08 Å². The number of ketones is 1. The Balaban J connectivity index is 2.38. The van der Waals surface area contributed by atoms with Crippen molar-refractivity contribution < 1.29 is 4.79 Å². The van der Waals surface area contributed by atoms with Crippen LogP contribution in [0.3, 0.4) is 0 Å². The summed E-state index contributed by atoms with van der Waals surface area (Å²) in [6, 6.07) is 0. The summed E-state index contributed by atoms with van der Waals surface area (Å²) in [5, 5.41) is 0.904. The number of hydrogen-bond acceptors (Lipinski definition) is 4. The predicted octanol–water partition coefficient (Wildman–Crippen LogP) is 2.51. The van der Waals surface area contributed by atoms with Crippen LogP contribution in [-0.4, -0.2) is 23.5 Å². The van der Waals surface area contributed by atoms with Gasteiger partial charge in [-0.2, -0.15) is 0 Å². The molecule has 1 aliphatic rings. The summed E-state index contributed by atoms with van der Waals surface area (Å²) in [6.45, 7) is 4.30. The largest absolute Gasteiger partial charge is 0.294 e. The second kappa shape index (κ2) is 4.06. The Morgan fingerprint density at radius 2 is 2.33 bits per heavy atom. The number of thiazole rings is 1. The van der Waals surface area contributed by atoms with Gasteiger partial charge in [-0.05, 0) is 13.3 Å². The number of hydrogen-bond donors (Lipinski definition) is 0. The summed E-state index contributed by atoms with van der Waals surface area (Å²) >= 11 is 1.45. The second-order valence-electron chi connectivity index (χ2n) is 3.47. The van der Waals surface area contributed by atoms with E-state index < -0.39 is 0 Å². The molecule has 1 aromatic heterocycles. The molecule has 0 amide bonds. The number of aryl methyl sites for hydroxylation is 1. The Morgan fingerprint density at radius 1 is 1.53 bits per heavy atom. The minimum Gasteiger partial charge on any atom is -0.294 e. The van der Waals surface area contributed by atoms with Gasteiger partial charge in [0.05, 0.1) is 10.6 Å². The number of nitrogens with zero attached hydrogens (tertiary/aromatic N) is 2. The molecule has 0 saturated carbocycles.